The number of rotatable bonds is 5. The molecule has 6 nitrogen and oxygen atoms in total. The molecule has 142 valence electrons. The second kappa shape index (κ2) is 7.21. The average Bonchev–Trinajstić information content (AvgIpc) is 3.18. The van der Waals surface area contributed by atoms with Crippen molar-refractivity contribution in [3.8, 4) is 5.00 Å². The summed E-state index contributed by atoms with van der Waals surface area (Å²) in [6, 6.07) is 8.97. The molecule has 0 fully saturated rings. The van der Waals surface area contributed by atoms with Crippen LogP contribution in [0.4, 0.5) is 11.4 Å². The number of hydrogen-bond donors (Lipinski definition) is 2. The van der Waals surface area contributed by atoms with Crippen LogP contribution in [0.2, 0.25) is 0 Å². The van der Waals surface area contributed by atoms with Crippen molar-refractivity contribution < 1.29 is 13.2 Å². The molecule has 2 N–H and O–H groups in total. The Hall–Kier alpha value is -2.58. The van der Waals surface area contributed by atoms with Crippen molar-refractivity contribution >= 4 is 38.6 Å². The Morgan fingerprint density at radius 1 is 1.11 bits per heavy atom. The monoisotopic (exact) mass is 403 g/mol. The van der Waals surface area contributed by atoms with Crippen molar-refractivity contribution in [2.45, 2.75) is 20.8 Å². The zero-order chi connectivity index (χ0) is 19.8. The highest BCUT2D eigenvalue weighted by Crippen LogP contribution is 2.32. The molecule has 0 saturated heterocycles. The van der Waals surface area contributed by atoms with Crippen LogP contribution in [0.1, 0.15) is 26.4 Å². The molecular formula is C19H21N3O3S2. The lowest BCUT2D eigenvalue weighted by atomic mass is 10.1. The predicted molar refractivity (Wildman–Crippen MR) is 111 cm³/mol. The molecule has 0 aliphatic rings. The lowest BCUT2D eigenvalue weighted by molar-refractivity contribution is 0.102. The van der Waals surface area contributed by atoms with Gasteiger partial charge in [0.05, 0.1) is 17.5 Å². The van der Waals surface area contributed by atoms with Crippen molar-refractivity contribution in [2.75, 3.05) is 16.3 Å². The van der Waals surface area contributed by atoms with Gasteiger partial charge >= 0.3 is 0 Å². The molecule has 8 heteroatoms. The largest absolute Gasteiger partial charge is 0.322 e. The number of carbonyl (C=O) groups is 1. The zero-order valence-electron chi connectivity index (χ0n) is 15.5. The van der Waals surface area contributed by atoms with Crippen LogP contribution in [0.15, 0.2) is 42.7 Å². The quantitative estimate of drug-likeness (QED) is 0.673. The molecule has 2 aromatic heterocycles. The van der Waals surface area contributed by atoms with E-state index in [0.29, 0.717) is 16.9 Å². The summed E-state index contributed by atoms with van der Waals surface area (Å²) in [6.45, 7) is 5.72. The summed E-state index contributed by atoms with van der Waals surface area (Å²) in [5.74, 6) is -0.227. The molecule has 0 aliphatic heterocycles. The fourth-order valence-corrected chi connectivity index (χ4v) is 4.47. The summed E-state index contributed by atoms with van der Waals surface area (Å²) >= 11 is 1.56. The van der Waals surface area contributed by atoms with E-state index in [9.17, 15) is 13.2 Å². The smallest absolute Gasteiger partial charge is 0.258 e. The number of benzene rings is 1. The number of carbonyl (C=O) groups excluding carboxylic acids is 1. The van der Waals surface area contributed by atoms with E-state index in [1.54, 1.807) is 36.5 Å². The number of hydrogen-bond acceptors (Lipinski definition) is 4. The highest BCUT2D eigenvalue weighted by molar-refractivity contribution is 7.92. The Bertz CT molecular complexity index is 1100. The van der Waals surface area contributed by atoms with Crippen LogP contribution in [0.3, 0.4) is 0 Å². The Balaban J connectivity index is 1.94. The first kappa shape index (κ1) is 19.2. The van der Waals surface area contributed by atoms with E-state index in [2.05, 4.69) is 10.0 Å². The van der Waals surface area contributed by atoms with E-state index >= 15 is 0 Å². The first-order valence-corrected chi connectivity index (χ1v) is 11.0. The first-order chi connectivity index (χ1) is 12.7. The summed E-state index contributed by atoms with van der Waals surface area (Å²) in [7, 11) is -3.40. The highest BCUT2D eigenvalue weighted by atomic mass is 32.2. The normalized spacial score (nSPS) is 11.4. The summed E-state index contributed by atoms with van der Waals surface area (Å²) < 4.78 is 27.5. The van der Waals surface area contributed by atoms with Gasteiger partial charge < -0.3 is 9.88 Å². The van der Waals surface area contributed by atoms with Gasteiger partial charge in [-0.2, -0.15) is 0 Å². The molecule has 1 aromatic carbocycles. The highest BCUT2D eigenvalue weighted by Gasteiger charge is 2.21. The van der Waals surface area contributed by atoms with Gasteiger partial charge in [0.25, 0.3) is 5.91 Å². The molecule has 0 radical (unpaired) electrons. The molecule has 3 rings (SSSR count). The van der Waals surface area contributed by atoms with E-state index < -0.39 is 10.0 Å². The van der Waals surface area contributed by atoms with Crippen molar-refractivity contribution in [3.63, 3.8) is 0 Å². The minimum Gasteiger partial charge on any atom is -0.322 e. The fourth-order valence-electron chi connectivity index (χ4n) is 2.73. The van der Waals surface area contributed by atoms with Gasteiger partial charge in [0, 0.05) is 23.0 Å². The third-order valence-corrected chi connectivity index (χ3v) is 6.03. The summed E-state index contributed by atoms with van der Waals surface area (Å²) in [5.41, 5.74) is 3.29. The molecule has 2 heterocycles. The fraction of sp³-hybridized carbons (Fsp3) is 0.211. The second-order valence-electron chi connectivity index (χ2n) is 6.41. The third kappa shape index (κ3) is 4.23. The second-order valence-corrected chi connectivity index (χ2v) is 9.36. The molecule has 0 spiro atoms. The van der Waals surface area contributed by atoms with E-state index in [4.69, 9.17) is 0 Å². The number of amides is 1. The lowest BCUT2D eigenvalue weighted by Gasteiger charge is -2.12. The van der Waals surface area contributed by atoms with Gasteiger partial charge in [0.1, 0.15) is 5.00 Å². The maximum absolute atomic E-state index is 13.0. The Kier molecular flexibility index (Phi) is 5.12. The van der Waals surface area contributed by atoms with Gasteiger partial charge in [0.15, 0.2) is 0 Å². The SMILES string of the molecule is Cc1ccc(NC(=O)c2c(-n3cccc3)sc(C)c2C)cc1NS(C)(=O)=O. The molecule has 3 aromatic rings. The first-order valence-electron chi connectivity index (χ1n) is 8.29. The topological polar surface area (TPSA) is 80.2 Å². The number of nitrogens with zero attached hydrogens (tertiary/aromatic N) is 1. The number of aromatic nitrogens is 1. The van der Waals surface area contributed by atoms with Gasteiger partial charge in [-0.3, -0.25) is 9.52 Å². The summed E-state index contributed by atoms with van der Waals surface area (Å²) in [4.78, 5) is 14.1. The van der Waals surface area contributed by atoms with E-state index in [-0.39, 0.29) is 5.91 Å². The van der Waals surface area contributed by atoms with Crippen LogP contribution in [0.5, 0.6) is 0 Å². The number of thiophene rings is 1. The van der Waals surface area contributed by atoms with Crippen LogP contribution in [0.25, 0.3) is 5.00 Å². The van der Waals surface area contributed by atoms with Crippen LogP contribution >= 0.6 is 11.3 Å². The van der Waals surface area contributed by atoms with Crippen molar-refractivity contribution in [1.82, 2.24) is 4.57 Å². The molecule has 0 unspecified atom stereocenters. The van der Waals surface area contributed by atoms with Crippen molar-refractivity contribution in [1.29, 1.82) is 0 Å². The molecule has 0 saturated carbocycles. The minimum atomic E-state index is -3.40. The standard InChI is InChI=1S/C19H21N3O3S2/c1-12-7-8-15(11-16(12)21-27(4,24)25)20-18(23)17-13(2)14(3)26-19(17)22-9-5-6-10-22/h5-11,21H,1-4H3,(H,20,23). The van der Waals surface area contributed by atoms with Gasteiger partial charge in [-0.05, 0) is 56.2 Å². The van der Waals surface area contributed by atoms with Crippen LogP contribution in [-0.4, -0.2) is 25.1 Å². The van der Waals surface area contributed by atoms with Gasteiger partial charge in [0.2, 0.25) is 10.0 Å². The average molecular weight is 404 g/mol. The molecule has 1 amide bonds. The van der Waals surface area contributed by atoms with E-state index in [1.165, 1.54) is 0 Å². The molecular weight excluding hydrogens is 382 g/mol. The van der Waals surface area contributed by atoms with Crippen LogP contribution < -0.4 is 10.0 Å². The van der Waals surface area contributed by atoms with Crippen LogP contribution in [0, 0.1) is 20.8 Å². The maximum Gasteiger partial charge on any atom is 0.258 e. The third-order valence-electron chi connectivity index (χ3n) is 4.22. The Morgan fingerprint density at radius 2 is 1.78 bits per heavy atom. The number of anilines is 2. The van der Waals surface area contributed by atoms with E-state index in [0.717, 1.165) is 27.3 Å². The summed E-state index contributed by atoms with van der Waals surface area (Å²) in [5, 5.41) is 3.74. The number of sulfonamides is 1. The zero-order valence-corrected chi connectivity index (χ0v) is 17.2. The number of nitrogens with one attached hydrogen (secondary N) is 2. The molecule has 27 heavy (non-hydrogen) atoms. The van der Waals surface area contributed by atoms with Crippen molar-refractivity contribution in [2.24, 2.45) is 0 Å². The predicted octanol–water partition coefficient (Wildman–Crippen LogP) is 4.09. The molecule has 0 atom stereocenters. The van der Waals surface area contributed by atoms with Gasteiger partial charge in [-0.15, -0.1) is 11.3 Å². The minimum absolute atomic E-state index is 0.227. The Labute approximate surface area is 162 Å². The van der Waals surface area contributed by atoms with Crippen LogP contribution in [-0.2, 0) is 10.0 Å². The van der Waals surface area contributed by atoms with Crippen molar-refractivity contribution in [3.05, 3.63) is 64.3 Å². The maximum atomic E-state index is 13.0. The number of aryl methyl sites for hydroxylation is 2. The summed E-state index contributed by atoms with van der Waals surface area (Å²) in [6.07, 6.45) is 4.90. The van der Waals surface area contributed by atoms with E-state index in [1.807, 2.05) is 42.9 Å². The van der Waals surface area contributed by atoms with Gasteiger partial charge in [-0.1, -0.05) is 6.07 Å². The lowest BCUT2D eigenvalue weighted by Crippen LogP contribution is -2.15. The Morgan fingerprint density at radius 3 is 2.41 bits per heavy atom. The molecule has 0 aliphatic carbocycles. The molecule has 0 bridgehead atoms. The van der Waals surface area contributed by atoms with Gasteiger partial charge in [-0.25, -0.2) is 8.42 Å².